The molecule has 3 rings (SSSR count). The molecule has 0 bridgehead atoms. The van der Waals surface area contributed by atoms with E-state index in [1.165, 1.54) is 29.7 Å². The Kier molecular flexibility index (Phi) is 7.46. The molecule has 0 saturated heterocycles. The first-order valence-corrected chi connectivity index (χ1v) is 11.6. The molecule has 1 aliphatic rings. The number of sulfonamides is 1. The van der Waals surface area contributed by atoms with Crippen LogP contribution < -0.4 is 20.7 Å². The van der Waals surface area contributed by atoms with E-state index in [0.717, 1.165) is 11.3 Å². The highest BCUT2D eigenvalue weighted by atomic mass is 32.2. The molecule has 30 heavy (non-hydrogen) atoms. The molecule has 9 nitrogen and oxygen atoms in total. The lowest BCUT2D eigenvalue weighted by molar-refractivity contribution is 0.0744. The minimum atomic E-state index is -3.50. The van der Waals surface area contributed by atoms with Gasteiger partial charge >= 0.3 is 5.69 Å². The summed E-state index contributed by atoms with van der Waals surface area (Å²) in [6.07, 6.45) is 4.01. The van der Waals surface area contributed by atoms with Crippen molar-refractivity contribution in [3.05, 3.63) is 62.9 Å². The molecular weight excluding hydrogens is 410 g/mol. The lowest BCUT2D eigenvalue weighted by Crippen LogP contribution is -2.30. The molecule has 10 heteroatoms. The van der Waals surface area contributed by atoms with Crippen molar-refractivity contribution in [1.82, 2.24) is 14.3 Å². The maximum Gasteiger partial charge on any atom is 0.330 e. The average Bonchev–Trinajstić information content (AvgIpc) is 3.52. The lowest BCUT2D eigenvalue weighted by atomic mass is 10.1. The van der Waals surface area contributed by atoms with E-state index in [2.05, 4.69) is 9.71 Å². The van der Waals surface area contributed by atoms with Gasteiger partial charge in [0.1, 0.15) is 12.5 Å². The molecule has 1 aliphatic carbocycles. The molecule has 0 amide bonds. The normalized spacial score (nSPS) is 15.1. The Morgan fingerprint density at radius 2 is 2.07 bits per heavy atom. The van der Waals surface area contributed by atoms with E-state index in [-0.39, 0.29) is 31.6 Å². The van der Waals surface area contributed by atoms with E-state index in [1.807, 2.05) is 24.3 Å². The van der Waals surface area contributed by atoms with Gasteiger partial charge in [0.25, 0.3) is 5.56 Å². The van der Waals surface area contributed by atoms with E-state index in [1.54, 1.807) is 6.92 Å². The van der Waals surface area contributed by atoms with E-state index < -0.39 is 21.3 Å². The Morgan fingerprint density at radius 3 is 2.80 bits per heavy atom. The number of aromatic nitrogens is 2. The zero-order valence-corrected chi connectivity index (χ0v) is 17.7. The third-order valence-corrected chi connectivity index (χ3v) is 6.26. The molecule has 2 N–H and O–H groups in total. The third-order valence-electron chi connectivity index (χ3n) is 4.73. The third kappa shape index (κ3) is 7.12. The van der Waals surface area contributed by atoms with Crippen LogP contribution in [0.2, 0.25) is 0 Å². The summed E-state index contributed by atoms with van der Waals surface area (Å²) in [6.45, 7) is 2.59. The fourth-order valence-corrected chi connectivity index (χ4v) is 4.12. The van der Waals surface area contributed by atoms with Crippen LogP contribution in [0.1, 0.15) is 37.8 Å². The van der Waals surface area contributed by atoms with Crippen molar-refractivity contribution in [2.75, 3.05) is 19.0 Å². The summed E-state index contributed by atoms with van der Waals surface area (Å²) >= 11 is 0. The highest BCUT2D eigenvalue weighted by Crippen LogP contribution is 2.30. The number of ether oxygens (including phenoxy) is 2. The fourth-order valence-electron chi connectivity index (χ4n) is 2.83. The first-order valence-electron chi connectivity index (χ1n) is 9.93. The number of benzene rings is 1. The zero-order chi connectivity index (χ0) is 21.6. The predicted octanol–water partition coefficient (Wildman–Crippen LogP) is 1.37. The van der Waals surface area contributed by atoms with Gasteiger partial charge < -0.3 is 9.47 Å². The largest absolute Gasteiger partial charge is 0.493 e. The van der Waals surface area contributed by atoms with Gasteiger partial charge in [-0.15, -0.1) is 0 Å². The SMILES string of the molecule is C[C@H](NS(=O)(=O)CCCOCn1ccc(=O)[nH]c1=O)c1cccc(OCC2CC2)c1. The topological polar surface area (TPSA) is 119 Å². The Balaban J connectivity index is 1.42. The molecule has 0 spiro atoms. The maximum absolute atomic E-state index is 12.4. The van der Waals surface area contributed by atoms with Gasteiger partial charge in [-0.25, -0.2) is 17.9 Å². The molecule has 0 aliphatic heterocycles. The van der Waals surface area contributed by atoms with Crippen molar-refractivity contribution in [2.45, 2.75) is 39.0 Å². The van der Waals surface area contributed by atoms with Gasteiger partial charge in [0.15, 0.2) is 0 Å². The number of aromatic amines is 1. The van der Waals surface area contributed by atoms with Crippen LogP contribution in [0, 0.1) is 5.92 Å². The summed E-state index contributed by atoms with van der Waals surface area (Å²) < 4.78 is 39.6. The smallest absolute Gasteiger partial charge is 0.330 e. The summed E-state index contributed by atoms with van der Waals surface area (Å²) in [5, 5.41) is 0. The van der Waals surface area contributed by atoms with Crippen LogP contribution in [0.25, 0.3) is 0 Å². The number of nitrogens with zero attached hydrogens (tertiary/aromatic N) is 1. The summed E-state index contributed by atoms with van der Waals surface area (Å²) in [4.78, 5) is 24.7. The van der Waals surface area contributed by atoms with Gasteiger partial charge in [0.2, 0.25) is 10.0 Å². The number of hydrogen-bond donors (Lipinski definition) is 2. The van der Waals surface area contributed by atoms with Gasteiger partial charge in [0, 0.05) is 24.9 Å². The second kappa shape index (κ2) is 10.1. The molecule has 2 aromatic rings. The molecule has 1 aromatic heterocycles. The van der Waals surface area contributed by atoms with Gasteiger partial charge in [-0.3, -0.25) is 14.3 Å². The molecule has 0 radical (unpaired) electrons. The van der Waals surface area contributed by atoms with Crippen LogP contribution in [0.4, 0.5) is 0 Å². The highest BCUT2D eigenvalue weighted by Gasteiger charge is 2.22. The minimum Gasteiger partial charge on any atom is -0.493 e. The van der Waals surface area contributed by atoms with Gasteiger partial charge in [0.05, 0.1) is 12.4 Å². The fraction of sp³-hybridized carbons (Fsp3) is 0.500. The summed E-state index contributed by atoms with van der Waals surface area (Å²) in [7, 11) is -3.50. The van der Waals surface area contributed by atoms with E-state index in [4.69, 9.17) is 9.47 Å². The molecule has 1 saturated carbocycles. The quantitative estimate of drug-likeness (QED) is 0.484. The van der Waals surface area contributed by atoms with Crippen LogP contribution in [0.3, 0.4) is 0 Å². The number of nitrogens with one attached hydrogen (secondary N) is 2. The van der Waals surface area contributed by atoms with E-state index in [0.29, 0.717) is 12.5 Å². The van der Waals surface area contributed by atoms with Crippen molar-refractivity contribution in [1.29, 1.82) is 0 Å². The van der Waals surface area contributed by atoms with Crippen molar-refractivity contribution < 1.29 is 17.9 Å². The summed E-state index contributed by atoms with van der Waals surface area (Å²) in [5.74, 6) is 1.29. The van der Waals surface area contributed by atoms with Crippen LogP contribution in [-0.2, 0) is 21.5 Å². The van der Waals surface area contributed by atoms with Crippen molar-refractivity contribution in [3.63, 3.8) is 0 Å². The molecule has 1 atom stereocenters. The Bertz CT molecular complexity index is 1060. The standard InChI is InChI=1S/C20H27N3O6S/c1-15(17-4-2-5-18(12-17)29-13-16-6-7-16)22-30(26,27)11-3-10-28-14-23-9-8-19(24)21-20(23)25/h2,4-5,8-9,12,15-16,22H,3,6-7,10-11,13-14H2,1H3,(H,21,24,25)/t15-/m0/s1. The maximum atomic E-state index is 12.4. The van der Waals surface area contributed by atoms with E-state index >= 15 is 0 Å². The highest BCUT2D eigenvalue weighted by molar-refractivity contribution is 7.89. The first kappa shape index (κ1) is 22.3. The monoisotopic (exact) mass is 437 g/mol. The molecule has 1 aromatic carbocycles. The Morgan fingerprint density at radius 1 is 1.27 bits per heavy atom. The lowest BCUT2D eigenvalue weighted by Gasteiger charge is -2.16. The zero-order valence-electron chi connectivity index (χ0n) is 16.9. The minimum absolute atomic E-state index is 0.0624. The van der Waals surface area contributed by atoms with Crippen LogP contribution in [-0.4, -0.2) is 36.9 Å². The van der Waals surface area contributed by atoms with Crippen molar-refractivity contribution in [2.24, 2.45) is 5.92 Å². The van der Waals surface area contributed by atoms with E-state index in [9.17, 15) is 18.0 Å². The van der Waals surface area contributed by atoms with Crippen molar-refractivity contribution >= 4 is 10.0 Å². The van der Waals surface area contributed by atoms with Gasteiger partial charge in [-0.05, 0) is 49.8 Å². The Hall–Kier alpha value is -2.43. The van der Waals surface area contributed by atoms with Crippen LogP contribution in [0.15, 0.2) is 46.1 Å². The average molecular weight is 438 g/mol. The molecular formula is C20H27N3O6S. The van der Waals surface area contributed by atoms with Gasteiger partial charge in [-0.1, -0.05) is 12.1 Å². The Labute approximate surface area is 175 Å². The summed E-state index contributed by atoms with van der Waals surface area (Å²) in [5.41, 5.74) is -0.225. The van der Waals surface area contributed by atoms with Crippen LogP contribution >= 0.6 is 0 Å². The van der Waals surface area contributed by atoms with Crippen LogP contribution in [0.5, 0.6) is 5.75 Å². The van der Waals surface area contributed by atoms with Gasteiger partial charge in [-0.2, -0.15) is 0 Å². The predicted molar refractivity (Wildman–Crippen MR) is 112 cm³/mol. The number of rotatable bonds is 12. The molecule has 164 valence electrons. The molecule has 1 heterocycles. The molecule has 0 unspecified atom stereocenters. The number of hydrogen-bond acceptors (Lipinski definition) is 6. The number of H-pyrrole nitrogens is 1. The molecule has 1 fully saturated rings. The second-order valence-electron chi connectivity index (χ2n) is 7.46. The van der Waals surface area contributed by atoms with Crippen molar-refractivity contribution in [3.8, 4) is 5.75 Å². The first-order chi connectivity index (χ1) is 14.3. The second-order valence-corrected chi connectivity index (χ2v) is 9.33. The summed E-state index contributed by atoms with van der Waals surface area (Å²) in [6, 6.07) is 8.28.